The Labute approximate surface area is 130 Å². The molecule has 0 fully saturated rings. The maximum atomic E-state index is 11.8. The Bertz CT molecular complexity index is 625. The molecular formula is C15H11ClINO. The molecule has 0 aliphatic rings. The van der Waals surface area contributed by atoms with Crippen LogP contribution in [0.2, 0.25) is 5.02 Å². The number of carbonyl (C=O) groups is 1. The molecule has 2 nitrogen and oxygen atoms in total. The molecule has 0 unspecified atom stereocenters. The molecule has 1 N–H and O–H groups in total. The zero-order valence-corrected chi connectivity index (χ0v) is 12.9. The van der Waals surface area contributed by atoms with Gasteiger partial charge in [0, 0.05) is 20.4 Å². The van der Waals surface area contributed by atoms with Crippen molar-refractivity contribution < 1.29 is 4.79 Å². The molecule has 0 heterocycles. The zero-order valence-electron chi connectivity index (χ0n) is 9.94. The minimum Gasteiger partial charge on any atom is -0.322 e. The second-order valence-electron chi connectivity index (χ2n) is 3.85. The number of halogens is 2. The Morgan fingerprint density at radius 3 is 2.68 bits per heavy atom. The SMILES string of the molecule is O=C(/C=C/c1ccccc1Cl)Nc1cccc(I)c1. The van der Waals surface area contributed by atoms with E-state index >= 15 is 0 Å². The first-order chi connectivity index (χ1) is 9.15. The van der Waals surface area contributed by atoms with Crippen LogP contribution >= 0.6 is 34.2 Å². The summed E-state index contributed by atoms with van der Waals surface area (Å²) in [7, 11) is 0. The van der Waals surface area contributed by atoms with Gasteiger partial charge < -0.3 is 5.32 Å². The quantitative estimate of drug-likeness (QED) is 0.609. The van der Waals surface area contributed by atoms with Crippen LogP contribution in [0.15, 0.2) is 54.6 Å². The number of carbonyl (C=O) groups excluding carboxylic acids is 1. The summed E-state index contributed by atoms with van der Waals surface area (Å²) in [4.78, 5) is 11.8. The van der Waals surface area contributed by atoms with E-state index in [4.69, 9.17) is 11.6 Å². The lowest BCUT2D eigenvalue weighted by Crippen LogP contribution is -2.07. The predicted molar refractivity (Wildman–Crippen MR) is 88.3 cm³/mol. The van der Waals surface area contributed by atoms with E-state index in [1.165, 1.54) is 6.08 Å². The number of hydrogen-bond acceptors (Lipinski definition) is 1. The highest BCUT2D eigenvalue weighted by atomic mass is 127. The van der Waals surface area contributed by atoms with Crippen LogP contribution in [0.5, 0.6) is 0 Å². The van der Waals surface area contributed by atoms with Gasteiger partial charge in [-0.05, 0) is 58.5 Å². The summed E-state index contributed by atoms with van der Waals surface area (Å²) in [6.45, 7) is 0. The first-order valence-electron chi connectivity index (χ1n) is 5.64. The van der Waals surface area contributed by atoms with Gasteiger partial charge in [-0.15, -0.1) is 0 Å². The van der Waals surface area contributed by atoms with E-state index in [0.29, 0.717) is 5.02 Å². The van der Waals surface area contributed by atoms with E-state index in [0.717, 1.165) is 14.8 Å². The Morgan fingerprint density at radius 2 is 1.95 bits per heavy atom. The highest BCUT2D eigenvalue weighted by Gasteiger charge is 1.99. The van der Waals surface area contributed by atoms with Gasteiger partial charge in [0.1, 0.15) is 0 Å². The Balaban J connectivity index is 2.04. The lowest BCUT2D eigenvalue weighted by atomic mass is 10.2. The van der Waals surface area contributed by atoms with Crippen molar-refractivity contribution in [2.45, 2.75) is 0 Å². The number of amides is 1. The molecule has 0 atom stereocenters. The molecule has 0 aliphatic carbocycles. The third kappa shape index (κ3) is 4.36. The molecule has 2 aromatic carbocycles. The Morgan fingerprint density at radius 1 is 1.16 bits per heavy atom. The number of hydrogen-bond donors (Lipinski definition) is 1. The molecule has 1 amide bonds. The van der Waals surface area contributed by atoms with E-state index in [2.05, 4.69) is 27.9 Å². The molecule has 0 bridgehead atoms. The van der Waals surface area contributed by atoms with Gasteiger partial charge in [0.15, 0.2) is 0 Å². The maximum absolute atomic E-state index is 11.8. The van der Waals surface area contributed by atoms with Gasteiger partial charge in [-0.2, -0.15) is 0 Å². The van der Waals surface area contributed by atoms with Crippen molar-refractivity contribution in [2.75, 3.05) is 5.32 Å². The lowest BCUT2D eigenvalue weighted by Gasteiger charge is -2.02. The minimum absolute atomic E-state index is 0.179. The zero-order chi connectivity index (χ0) is 13.7. The van der Waals surface area contributed by atoms with E-state index in [9.17, 15) is 4.79 Å². The molecular weight excluding hydrogens is 373 g/mol. The fourth-order valence-electron chi connectivity index (χ4n) is 1.53. The van der Waals surface area contributed by atoms with E-state index in [-0.39, 0.29) is 5.91 Å². The summed E-state index contributed by atoms with van der Waals surface area (Å²) in [5, 5.41) is 3.42. The Kier molecular flexibility index (Phi) is 4.99. The average molecular weight is 384 g/mol. The normalized spacial score (nSPS) is 10.6. The summed E-state index contributed by atoms with van der Waals surface area (Å²) in [5.74, 6) is -0.179. The summed E-state index contributed by atoms with van der Waals surface area (Å²) in [5.41, 5.74) is 1.60. The third-order valence-electron chi connectivity index (χ3n) is 2.41. The molecule has 2 rings (SSSR count). The third-order valence-corrected chi connectivity index (χ3v) is 3.43. The molecule has 2 aromatic rings. The van der Waals surface area contributed by atoms with Crippen LogP contribution in [0.4, 0.5) is 5.69 Å². The summed E-state index contributed by atoms with van der Waals surface area (Å²) >= 11 is 8.21. The first kappa shape index (κ1) is 14.1. The van der Waals surface area contributed by atoms with Crippen LogP contribution in [0.1, 0.15) is 5.56 Å². The summed E-state index contributed by atoms with van der Waals surface area (Å²) in [6.07, 6.45) is 3.17. The smallest absolute Gasteiger partial charge is 0.248 e. The van der Waals surface area contributed by atoms with Crippen LogP contribution in [0.25, 0.3) is 6.08 Å². The maximum Gasteiger partial charge on any atom is 0.248 e. The van der Waals surface area contributed by atoms with Gasteiger partial charge in [-0.1, -0.05) is 35.9 Å². The molecule has 0 radical (unpaired) electrons. The van der Waals surface area contributed by atoms with E-state index in [1.807, 2.05) is 42.5 Å². The van der Waals surface area contributed by atoms with Gasteiger partial charge in [0.25, 0.3) is 0 Å². The van der Waals surface area contributed by atoms with Crippen molar-refractivity contribution in [2.24, 2.45) is 0 Å². The van der Waals surface area contributed by atoms with Crippen molar-refractivity contribution in [3.8, 4) is 0 Å². The van der Waals surface area contributed by atoms with E-state index in [1.54, 1.807) is 12.1 Å². The standard InChI is InChI=1S/C15H11ClINO/c16-14-7-2-1-4-11(14)8-9-15(19)18-13-6-3-5-12(17)10-13/h1-10H,(H,18,19)/b9-8+. The van der Waals surface area contributed by atoms with Gasteiger partial charge in [0.2, 0.25) is 5.91 Å². The molecule has 19 heavy (non-hydrogen) atoms. The highest BCUT2D eigenvalue weighted by Crippen LogP contribution is 2.16. The topological polar surface area (TPSA) is 29.1 Å². The average Bonchev–Trinajstić information content (AvgIpc) is 2.38. The van der Waals surface area contributed by atoms with E-state index < -0.39 is 0 Å². The summed E-state index contributed by atoms with van der Waals surface area (Å²) in [6, 6.07) is 15.0. The lowest BCUT2D eigenvalue weighted by molar-refractivity contribution is -0.111. The molecule has 96 valence electrons. The largest absolute Gasteiger partial charge is 0.322 e. The fraction of sp³-hybridized carbons (Fsp3) is 0. The fourth-order valence-corrected chi connectivity index (χ4v) is 2.27. The minimum atomic E-state index is -0.179. The van der Waals surface area contributed by atoms with Crippen molar-refractivity contribution in [1.29, 1.82) is 0 Å². The monoisotopic (exact) mass is 383 g/mol. The second kappa shape index (κ2) is 6.73. The first-order valence-corrected chi connectivity index (χ1v) is 7.10. The van der Waals surface area contributed by atoms with Crippen LogP contribution < -0.4 is 5.32 Å². The van der Waals surface area contributed by atoms with Crippen molar-refractivity contribution in [1.82, 2.24) is 0 Å². The molecule has 0 aliphatic heterocycles. The van der Waals surface area contributed by atoms with Crippen LogP contribution in [-0.2, 0) is 4.79 Å². The molecule has 4 heteroatoms. The number of rotatable bonds is 3. The van der Waals surface area contributed by atoms with Crippen LogP contribution in [0.3, 0.4) is 0 Å². The van der Waals surface area contributed by atoms with Gasteiger partial charge in [-0.3, -0.25) is 4.79 Å². The van der Waals surface area contributed by atoms with Crippen LogP contribution in [0, 0.1) is 3.57 Å². The highest BCUT2D eigenvalue weighted by molar-refractivity contribution is 14.1. The van der Waals surface area contributed by atoms with Crippen molar-refractivity contribution in [3.05, 3.63) is 68.8 Å². The summed E-state index contributed by atoms with van der Waals surface area (Å²) < 4.78 is 1.07. The van der Waals surface area contributed by atoms with Crippen molar-refractivity contribution in [3.63, 3.8) is 0 Å². The molecule has 0 aromatic heterocycles. The molecule has 0 spiro atoms. The predicted octanol–water partition coefficient (Wildman–Crippen LogP) is 4.60. The van der Waals surface area contributed by atoms with Crippen molar-refractivity contribution >= 4 is 51.9 Å². The van der Waals surface area contributed by atoms with Gasteiger partial charge >= 0.3 is 0 Å². The van der Waals surface area contributed by atoms with Gasteiger partial charge in [0.05, 0.1) is 0 Å². The molecule has 0 saturated heterocycles. The number of nitrogens with one attached hydrogen (secondary N) is 1. The van der Waals surface area contributed by atoms with Crippen LogP contribution in [-0.4, -0.2) is 5.91 Å². The number of benzene rings is 2. The second-order valence-corrected chi connectivity index (χ2v) is 5.51. The Hall–Kier alpha value is -1.33. The molecule has 0 saturated carbocycles. The van der Waals surface area contributed by atoms with Gasteiger partial charge in [-0.25, -0.2) is 0 Å². The number of anilines is 1.